The first-order chi connectivity index (χ1) is 7.58. The molecule has 0 aliphatic rings. The Morgan fingerprint density at radius 1 is 1.38 bits per heavy atom. The van der Waals surface area contributed by atoms with E-state index in [0.717, 1.165) is 5.56 Å². The summed E-state index contributed by atoms with van der Waals surface area (Å²) in [7, 11) is 0. The lowest BCUT2D eigenvalue weighted by Gasteiger charge is -2.08. The lowest BCUT2D eigenvalue weighted by Crippen LogP contribution is -2.31. The number of hydrogen-bond donors (Lipinski definition) is 2. The fraction of sp³-hybridized carbons (Fsp3) is 0.545. The van der Waals surface area contributed by atoms with Crippen LogP contribution in [-0.4, -0.2) is 28.5 Å². The summed E-state index contributed by atoms with van der Waals surface area (Å²) in [5.74, 6) is 0.595. The smallest absolute Gasteiger partial charge is 0.222 e. The molecule has 0 radical (unpaired) electrons. The van der Waals surface area contributed by atoms with Crippen molar-refractivity contribution in [2.45, 2.75) is 33.2 Å². The maximum atomic E-state index is 11.3. The topological polar surface area (TPSA) is 66.9 Å². The molecule has 0 aliphatic heterocycles. The molecule has 0 saturated heterocycles. The highest BCUT2D eigenvalue weighted by atomic mass is 16.1. The Bertz CT molecular complexity index is 334. The predicted molar refractivity (Wildman–Crippen MR) is 63.2 cm³/mol. The normalized spacial score (nSPS) is 10.2. The molecule has 1 aromatic heterocycles. The molecule has 88 valence electrons. The van der Waals surface area contributed by atoms with Crippen LogP contribution < -0.4 is 10.6 Å². The van der Waals surface area contributed by atoms with Crippen LogP contribution in [0.25, 0.3) is 0 Å². The Labute approximate surface area is 95.7 Å². The molecule has 2 N–H and O–H groups in total. The average Bonchev–Trinajstić information content (AvgIpc) is 2.20. The highest BCUT2D eigenvalue weighted by Gasteiger charge is 2.02. The van der Waals surface area contributed by atoms with Crippen LogP contribution in [-0.2, 0) is 4.79 Å². The van der Waals surface area contributed by atoms with E-state index in [0.29, 0.717) is 18.9 Å². The van der Waals surface area contributed by atoms with Gasteiger partial charge in [0.1, 0.15) is 0 Å². The van der Waals surface area contributed by atoms with Crippen LogP contribution in [0.2, 0.25) is 0 Å². The van der Waals surface area contributed by atoms with Gasteiger partial charge in [-0.25, -0.2) is 9.97 Å². The zero-order valence-corrected chi connectivity index (χ0v) is 9.95. The fourth-order valence-electron chi connectivity index (χ4n) is 1.17. The highest BCUT2D eigenvalue weighted by molar-refractivity contribution is 5.76. The van der Waals surface area contributed by atoms with Gasteiger partial charge in [-0.05, 0) is 26.3 Å². The minimum absolute atomic E-state index is 0.0367. The number of carbonyl (C=O) groups excluding carboxylic acids is 1. The second kappa shape index (κ2) is 6.05. The van der Waals surface area contributed by atoms with Crippen LogP contribution in [0.1, 0.15) is 25.8 Å². The number of nitrogens with one attached hydrogen (secondary N) is 2. The van der Waals surface area contributed by atoms with Crippen molar-refractivity contribution in [1.82, 2.24) is 15.3 Å². The molecular weight excluding hydrogens is 204 g/mol. The van der Waals surface area contributed by atoms with E-state index in [-0.39, 0.29) is 11.9 Å². The molecule has 1 heterocycles. The van der Waals surface area contributed by atoms with E-state index in [1.165, 1.54) is 0 Å². The zero-order chi connectivity index (χ0) is 12.0. The van der Waals surface area contributed by atoms with Crippen molar-refractivity contribution in [3.63, 3.8) is 0 Å². The summed E-state index contributed by atoms with van der Waals surface area (Å²) in [6.45, 7) is 6.35. The van der Waals surface area contributed by atoms with Gasteiger partial charge in [0.05, 0.1) is 0 Å². The van der Waals surface area contributed by atoms with Gasteiger partial charge in [0.15, 0.2) is 0 Å². The summed E-state index contributed by atoms with van der Waals surface area (Å²) < 4.78 is 0. The number of carbonyl (C=O) groups is 1. The molecular formula is C11H18N4O. The molecule has 0 saturated carbocycles. The summed E-state index contributed by atoms with van der Waals surface area (Å²) in [6, 6.07) is 0.183. The zero-order valence-electron chi connectivity index (χ0n) is 9.95. The fourth-order valence-corrected chi connectivity index (χ4v) is 1.17. The molecule has 1 amide bonds. The molecule has 0 spiro atoms. The summed E-state index contributed by atoms with van der Waals surface area (Å²) >= 11 is 0. The largest absolute Gasteiger partial charge is 0.354 e. The van der Waals surface area contributed by atoms with Crippen molar-refractivity contribution in [2.24, 2.45) is 0 Å². The van der Waals surface area contributed by atoms with Gasteiger partial charge in [-0.2, -0.15) is 0 Å². The average molecular weight is 222 g/mol. The quantitative estimate of drug-likeness (QED) is 0.783. The Morgan fingerprint density at radius 3 is 2.56 bits per heavy atom. The van der Waals surface area contributed by atoms with Gasteiger partial charge in [0, 0.05) is 31.4 Å². The van der Waals surface area contributed by atoms with E-state index in [1.807, 2.05) is 20.8 Å². The maximum absolute atomic E-state index is 11.3. The Hall–Kier alpha value is -1.65. The van der Waals surface area contributed by atoms with Gasteiger partial charge < -0.3 is 10.6 Å². The van der Waals surface area contributed by atoms with Crippen LogP contribution in [0, 0.1) is 6.92 Å². The van der Waals surface area contributed by atoms with Crippen molar-refractivity contribution in [3.05, 3.63) is 18.0 Å². The van der Waals surface area contributed by atoms with Crippen molar-refractivity contribution in [2.75, 3.05) is 11.9 Å². The lowest BCUT2D eigenvalue weighted by molar-refractivity contribution is -0.121. The number of anilines is 1. The molecule has 0 unspecified atom stereocenters. The molecule has 0 atom stereocenters. The van der Waals surface area contributed by atoms with E-state index in [1.54, 1.807) is 12.4 Å². The van der Waals surface area contributed by atoms with E-state index >= 15 is 0 Å². The van der Waals surface area contributed by atoms with Gasteiger partial charge in [-0.15, -0.1) is 0 Å². The highest BCUT2D eigenvalue weighted by Crippen LogP contribution is 1.98. The number of rotatable bonds is 5. The maximum Gasteiger partial charge on any atom is 0.222 e. The first-order valence-electron chi connectivity index (χ1n) is 5.40. The van der Waals surface area contributed by atoms with Crippen LogP contribution >= 0.6 is 0 Å². The Kier molecular flexibility index (Phi) is 4.69. The number of aromatic nitrogens is 2. The van der Waals surface area contributed by atoms with Gasteiger partial charge in [-0.1, -0.05) is 0 Å². The molecule has 0 aliphatic carbocycles. The Balaban J connectivity index is 2.25. The van der Waals surface area contributed by atoms with Crippen molar-refractivity contribution in [3.8, 4) is 0 Å². The molecule has 0 bridgehead atoms. The first-order valence-corrected chi connectivity index (χ1v) is 5.40. The summed E-state index contributed by atoms with van der Waals surface area (Å²) in [4.78, 5) is 19.5. The molecule has 0 aromatic carbocycles. The van der Waals surface area contributed by atoms with E-state index < -0.39 is 0 Å². The van der Waals surface area contributed by atoms with E-state index in [4.69, 9.17) is 0 Å². The molecule has 5 nitrogen and oxygen atoms in total. The van der Waals surface area contributed by atoms with Crippen LogP contribution in [0.15, 0.2) is 12.4 Å². The molecule has 1 rings (SSSR count). The summed E-state index contributed by atoms with van der Waals surface area (Å²) in [6.07, 6.45) is 3.91. The molecule has 5 heteroatoms. The Morgan fingerprint density at radius 2 is 2.00 bits per heavy atom. The second-order valence-electron chi connectivity index (χ2n) is 3.98. The second-order valence-corrected chi connectivity index (χ2v) is 3.98. The number of nitrogens with zero attached hydrogens (tertiary/aromatic N) is 2. The number of hydrogen-bond acceptors (Lipinski definition) is 4. The third kappa shape index (κ3) is 4.72. The monoisotopic (exact) mass is 222 g/mol. The minimum Gasteiger partial charge on any atom is -0.354 e. The third-order valence-electron chi connectivity index (χ3n) is 1.87. The number of amides is 1. The van der Waals surface area contributed by atoms with Gasteiger partial charge >= 0.3 is 0 Å². The lowest BCUT2D eigenvalue weighted by atomic mass is 10.3. The SMILES string of the molecule is Cc1cnc(NCCC(=O)NC(C)C)nc1. The van der Waals surface area contributed by atoms with Crippen LogP contribution in [0.5, 0.6) is 0 Å². The summed E-state index contributed by atoms with van der Waals surface area (Å²) in [5.41, 5.74) is 1.02. The van der Waals surface area contributed by atoms with Crippen molar-refractivity contribution < 1.29 is 4.79 Å². The van der Waals surface area contributed by atoms with Gasteiger partial charge in [-0.3, -0.25) is 4.79 Å². The predicted octanol–water partition coefficient (Wildman–Crippen LogP) is 1.11. The van der Waals surface area contributed by atoms with Gasteiger partial charge in [0.25, 0.3) is 0 Å². The van der Waals surface area contributed by atoms with Crippen molar-refractivity contribution in [1.29, 1.82) is 0 Å². The number of aryl methyl sites for hydroxylation is 1. The van der Waals surface area contributed by atoms with Crippen molar-refractivity contribution >= 4 is 11.9 Å². The standard InChI is InChI=1S/C11H18N4O/c1-8(2)15-10(16)4-5-12-11-13-6-9(3)7-14-11/h6-8H,4-5H2,1-3H3,(H,15,16)(H,12,13,14). The molecule has 16 heavy (non-hydrogen) atoms. The third-order valence-corrected chi connectivity index (χ3v) is 1.87. The first kappa shape index (κ1) is 12.4. The van der Waals surface area contributed by atoms with Gasteiger partial charge in [0.2, 0.25) is 11.9 Å². The molecule has 1 aromatic rings. The summed E-state index contributed by atoms with van der Waals surface area (Å²) in [5, 5.41) is 5.81. The van der Waals surface area contributed by atoms with Crippen LogP contribution in [0.3, 0.4) is 0 Å². The molecule has 0 fully saturated rings. The van der Waals surface area contributed by atoms with Crippen LogP contribution in [0.4, 0.5) is 5.95 Å². The van der Waals surface area contributed by atoms with E-state index in [9.17, 15) is 4.79 Å². The minimum atomic E-state index is 0.0367. The van der Waals surface area contributed by atoms with E-state index in [2.05, 4.69) is 20.6 Å².